The van der Waals surface area contributed by atoms with Crippen LogP contribution in [0.25, 0.3) is 0 Å². The monoisotopic (exact) mass is 422 g/mol. The van der Waals surface area contributed by atoms with Crippen LogP contribution in [-0.4, -0.2) is 26.9 Å². The molecule has 1 aliphatic rings. The first kappa shape index (κ1) is 22.3. The Labute approximate surface area is 175 Å². The van der Waals surface area contributed by atoms with Crippen molar-refractivity contribution in [3.05, 3.63) is 41.2 Å². The van der Waals surface area contributed by atoms with E-state index in [1.807, 2.05) is 20.0 Å². The molecule has 3 atom stereocenters. The lowest BCUT2D eigenvalue weighted by Crippen LogP contribution is -2.49. The minimum atomic E-state index is -4.46. The molecule has 0 N–H and O–H groups in total. The van der Waals surface area contributed by atoms with Crippen molar-refractivity contribution in [3.8, 4) is 0 Å². The van der Waals surface area contributed by atoms with Crippen molar-refractivity contribution in [3.63, 3.8) is 0 Å². The van der Waals surface area contributed by atoms with Crippen LogP contribution in [0.1, 0.15) is 76.2 Å². The first-order valence-electron chi connectivity index (χ1n) is 10.6. The predicted molar refractivity (Wildman–Crippen MR) is 109 cm³/mol. The summed E-state index contributed by atoms with van der Waals surface area (Å²) in [6.45, 7) is 7.54. The van der Waals surface area contributed by atoms with Crippen LogP contribution in [0.4, 0.5) is 18.9 Å². The van der Waals surface area contributed by atoms with Crippen molar-refractivity contribution >= 4 is 11.6 Å². The van der Waals surface area contributed by atoms with Crippen molar-refractivity contribution < 1.29 is 18.0 Å². The summed E-state index contributed by atoms with van der Waals surface area (Å²) < 4.78 is 42.0. The van der Waals surface area contributed by atoms with E-state index in [9.17, 15) is 18.0 Å². The maximum atomic E-state index is 13.4. The lowest BCUT2D eigenvalue weighted by Gasteiger charge is -2.44. The average molecular weight is 422 g/mol. The number of rotatable bonds is 6. The van der Waals surface area contributed by atoms with Gasteiger partial charge in [-0.2, -0.15) is 13.2 Å². The van der Waals surface area contributed by atoms with Crippen LogP contribution in [0.5, 0.6) is 0 Å². The van der Waals surface area contributed by atoms with Gasteiger partial charge in [0.1, 0.15) is 0 Å². The van der Waals surface area contributed by atoms with Gasteiger partial charge in [0.2, 0.25) is 5.91 Å². The zero-order chi connectivity index (χ0) is 22.1. The normalized spacial score (nSPS) is 21.6. The topological polar surface area (TPSA) is 51.0 Å². The van der Waals surface area contributed by atoms with E-state index in [-0.39, 0.29) is 17.9 Å². The number of halogens is 3. The van der Waals surface area contributed by atoms with Crippen molar-refractivity contribution in [1.82, 2.24) is 15.0 Å². The Hall–Kier alpha value is -2.38. The maximum absolute atomic E-state index is 13.4. The first-order valence-corrected chi connectivity index (χ1v) is 10.6. The van der Waals surface area contributed by atoms with Gasteiger partial charge in [0.15, 0.2) is 0 Å². The summed E-state index contributed by atoms with van der Waals surface area (Å²) in [5, 5.41) is 8.54. The zero-order valence-electron chi connectivity index (χ0n) is 17.9. The highest BCUT2D eigenvalue weighted by molar-refractivity contribution is 5.94. The van der Waals surface area contributed by atoms with Crippen LogP contribution >= 0.6 is 0 Å². The van der Waals surface area contributed by atoms with Crippen LogP contribution < -0.4 is 4.90 Å². The number of carbonyl (C=O) groups excluding carboxylic acids is 1. The molecule has 0 aliphatic carbocycles. The molecule has 0 saturated carbocycles. The summed E-state index contributed by atoms with van der Waals surface area (Å²) in [5.74, 6) is -0.299. The number of aromatic nitrogens is 3. The molecule has 1 aliphatic heterocycles. The number of nitrogens with zero attached hydrogens (tertiary/aromatic N) is 4. The van der Waals surface area contributed by atoms with Crippen LogP contribution in [0.15, 0.2) is 24.4 Å². The van der Waals surface area contributed by atoms with Crippen LogP contribution in [0, 0.1) is 5.92 Å². The quantitative estimate of drug-likeness (QED) is 0.586. The second kappa shape index (κ2) is 8.78. The molecule has 0 radical (unpaired) electrons. The fraction of sp³-hybridized carbons (Fsp3) is 0.591. The maximum Gasteiger partial charge on any atom is 0.416 e. The molecule has 1 unspecified atom stereocenters. The minimum absolute atomic E-state index is 0.125. The van der Waals surface area contributed by atoms with Gasteiger partial charge in [0.05, 0.1) is 17.3 Å². The van der Waals surface area contributed by atoms with Crippen LogP contribution in [0.3, 0.4) is 0 Å². The van der Waals surface area contributed by atoms with E-state index in [4.69, 9.17) is 0 Å². The number of hydrogen-bond acceptors (Lipinski definition) is 3. The van der Waals surface area contributed by atoms with Gasteiger partial charge in [-0.3, -0.25) is 4.79 Å². The number of unbranched alkanes of at least 4 members (excludes halogenated alkanes) is 2. The predicted octanol–water partition coefficient (Wildman–Crippen LogP) is 5.40. The Bertz CT molecular complexity index is 893. The van der Waals surface area contributed by atoms with Gasteiger partial charge >= 0.3 is 6.18 Å². The first-order chi connectivity index (χ1) is 14.2. The molecule has 8 heteroatoms. The van der Waals surface area contributed by atoms with E-state index in [0.717, 1.165) is 43.5 Å². The molecule has 3 rings (SSSR count). The Kier molecular flexibility index (Phi) is 6.53. The van der Waals surface area contributed by atoms with E-state index in [2.05, 4.69) is 17.2 Å². The standard InChI is InChI=1S/C22H29F3N4O/c1-5-7-8-9-17-13-28(27-26-17)21-14(3)19(6-2)29(15(4)30)20-11-10-16(12-18(20)21)22(23,24)25/h10-14,19,21H,5-9H2,1-4H3/t14-,19+,21?/m1/s1. The van der Waals surface area contributed by atoms with Gasteiger partial charge in [-0.25, -0.2) is 4.68 Å². The third-order valence-electron chi connectivity index (χ3n) is 6.01. The highest BCUT2D eigenvalue weighted by atomic mass is 19.4. The number of amides is 1. The van der Waals surface area contributed by atoms with E-state index >= 15 is 0 Å². The van der Waals surface area contributed by atoms with Gasteiger partial charge in [0.25, 0.3) is 0 Å². The molecule has 0 spiro atoms. The Balaban J connectivity index is 2.10. The molecule has 5 nitrogen and oxygen atoms in total. The van der Waals surface area contributed by atoms with Crippen molar-refractivity contribution in [2.45, 2.75) is 78.1 Å². The lowest BCUT2D eigenvalue weighted by molar-refractivity contribution is -0.137. The minimum Gasteiger partial charge on any atom is -0.309 e. The lowest BCUT2D eigenvalue weighted by atomic mass is 9.80. The molecule has 2 aromatic rings. The smallest absolute Gasteiger partial charge is 0.309 e. The molecule has 0 bridgehead atoms. The molecule has 1 aromatic carbocycles. The van der Waals surface area contributed by atoms with Crippen molar-refractivity contribution in [2.24, 2.45) is 5.92 Å². The largest absolute Gasteiger partial charge is 0.416 e. The molecular formula is C22H29F3N4O. The van der Waals surface area contributed by atoms with E-state index < -0.39 is 17.8 Å². The second-order valence-electron chi connectivity index (χ2n) is 8.09. The summed E-state index contributed by atoms with van der Waals surface area (Å²) in [6.07, 6.45) is 2.06. The van der Waals surface area contributed by atoms with Gasteiger partial charge in [0, 0.05) is 36.3 Å². The summed E-state index contributed by atoms with van der Waals surface area (Å²) in [6, 6.07) is 3.07. The van der Waals surface area contributed by atoms with E-state index in [1.54, 1.807) is 9.58 Å². The van der Waals surface area contributed by atoms with Crippen molar-refractivity contribution in [1.29, 1.82) is 0 Å². The van der Waals surface area contributed by atoms with Gasteiger partial charge in [-0.15, -0.1) is 5.10 Å². The molecule has 30 heavy (non-hydrogen) atoms. The summed E-state index contributed by atoms with van der Waals surface area (Å²) in [5.41, 5.74) is 1.10. The van der Waals surface area contributed by atoms with Crippen molar-refractivity contribution in [2.75, 3.05) is 4.90 Å². The van der Waals surface area contributed by atoms with Crippen LogP contribution in [-0.2, 0) is 17.4 Å². The van der Waals surface area contributed by atoms with Gasteiger partial charge in [-0.1, -0.05) is 38.8 Å². The summed E-state index contributed by atoms with van der Waals surface area (Å²) >= 11 is 0. The zero-order valence-corrected chi connectivity index (χ0v) is 17.9. The summed E-state index contributed by atoms with van der Waals surface area (Å²) in [4.78, 5) is 14.1. The fourth-order valence-corrected chi connectivity index (χ4v) is 4.56. The molecule has 2 heterocycles. The third kappa shape index (κ3) is 4.23. The second-order valence-corrected chi connectivity index (χ2v) is 8.09. The highest BCUT2D eigenvalue weighted by Crippen LogP contribution is 2.45. The SMILES string of the molecule is CCCCCc1cn(C2c3cc(C(F)(F)F)ccc3N(C(C)=O)[C@@H](CC)[C@H]2C)nn1. The van der Waals surface area contributed by atoms with E-state index in [0.29, 0.717) is 17.7 Å². The number of fused-ring (bicyclic) bond motifs is 1. The van der Waals surface area contributed by atoms with Gasteiger partial charge in [-0.05, 0) is 37.5 Å². The average Bonchev–Trinajstić information content (AvgIpc) is 3.14. The number of aryl methyl sites for hydroxylation is 1. The molecule has 1 aromatic heterocycles. The third-order valence-corrected chi connectivity index (χ3v) is 6.01. The Morgan fingerprint density at radius 2 is 1.93 bits per heavy atom. The number of alkyl halides is 3. The number of carbonyl (C=O) groups is 1. The molecule has 164 valence electrons. The fourth-order valence-electron chi connectivity index (χ4n) is 4.56. The number of hydrogen-bond donors (Lipinski definition) is 0. The van der Waals surface area contributed by atoms with Crippen LogP contribution in [0.2, 0.25) is 0 Å². The Morgan fingerprint density at radius 1 is 1.20 bits per heavy atom. The highest BCUT2D eigenvalue weighted by Gasteiger charge is 2.42. The van der Waals surface area contributed by atoms with Gasteiger partial charge < -0.3 is 4.90 Å². The Morgan fingerprint density at radius 3 is 2.53 bits per heavy atom. The van der Waals surface area contributed by atoms with E-state index in [1.165, 1.54) is 13.0 Å². The summed E-state index contributed by atoms with van der Waals surface area (Å²) in [7, 11) is 0. The molecule has 0 saturated heterocycles. The number of benzene rings is 1. The number of anilines is 1. The molecule has 1 amide bonds. The molecular weight excluding hydrogens is 393 g/mol. The molecule has 0 fully saturated rings.